The Bertz CT molecular complexity index is 421. The van der Waals surface area contributed by atoms with Crippen LogP contribution in [0, 0.1) is 5.41 Å². The van der Waals surface area contributed by atoms with Crippen LogP contribution in [0.3, 0.4) is 0 Å². The van der Waals surface area contributed by atoms with Crippen LogP contribution in [-0.2, 0) is 11.3 Å². The van der Waals surface area contributed by atoms with Crippen molar-refractivity contribution in [3.63, 3.8) is 0 Å². The van der Waals surface area contributed by atoms with E-state index in [0.29, 0.717) is 13.1 Å². The maximum atomic E-state index is 12.7. The fourth-order valence-electron chi connectivity index (χ4n) is 2.34. The minimum absolute atomic E-state index is 0.175. The van der Waals surface area contributed by atoms with E-state index in [0.717, 1.165) is 12.3 Å². The van der Waals surface area contributed by atoms with E-state index in [-0.39, 0.29) is 16.9 Å². The van der Waals surface area contributed by atoms with Crippen molar-refractivity contribution in [1.29, 1.82) is 0 Å². The van der Waals surface area contributed by atoms with Gasteiger partial charge in [-0.05, 0) is 39.8 Å². The summed E-state index contributed by atoms with van der Waals surface area (Å²) in [5, 5.41) is 3.37. The summed E-state index contributed by atoms with van der Waals surface area (Å²) in [6, 6.07) is 3.77. The van der Waals surface area contributed by atoms with E-state index in [1.807, 2.05) is 30.9 Å². The molecule has 2 heterocycles. The summed E-state index contributed by atoms with van der Waals surface area (Å²) in [5.41, 5.74) is -0.585. The summed E-state index contributed by atoms with van der Waals surface area (Å²) in [4.78, 5) is 14.6. The molecule has 1 aliphatic heterocycles. The Morgan fingerprint density at radius 1 is 1.33 bits per heavy atom. The van der Waals surface area contributed by atoms with Gasteiger partial charge in [0.05, 0.1) is 23.8 Å². The standard InChI is InChI=1S/C14H22N2O2/c1-13(2)9-15-10-14(3,4)16(12(13)17)8-11-6-5-7-18-11/h5-7,15H,8-10H2,1-4H3. The first kappa shape index (κ1) is 13.1. The molecule has 2 rings (SSSR count). The van der Waals surface area contributed by atoms with Gasteiger partial charge in [0.1, 0.15) is 5.76 Å². The molecule has 1 N–H and O–H groups in total. The third kappa shape index (κ3) is 2.43. The molecular weight excluding hydrogens is 228 g/mol. The fraction of sp³-hybridized carbons (Fsp3) is 0.643. The molecule has 1 amide bonds. The van der Waals surface area contributed by atoms with Crippen molar-refractivity contribution >= 4 is 5.91 Å². The molecule has 1 aromatic heterocycles. The third-order valence-corrected chi connectivity index (χ3v) is 3.57. The zero-order valence-electron chi connectivity index (χ0n) is 11.6. The van der Waals surface area contributed by atoms with Crippen molar-refractivity contribution in [2.75, 3.05) is 13.1 Å². The van der Waals surface area contributed by atoms with E-state index in [1.54, 1.807) is 6.26 Å². The molecule has 1 aliphatic rings. The lowest BCUT2D eigenvalue weighted by atomic mass is 9.91. The summed E-state index contributed by atoms with van der Waals surface area (Å²) in [6.45, 7) is 10.2. The predicted molar refractivity (Wildman–Crippen MR) is 70.0 cm³/mol. The van der Waals surface area contributed by atoms with Gasteiger partial charge in [0.25, 0.3) is 0 Å². The Morgan fingerprint density at radius 2 is 2.06 bits per heavy atom. The zero-order valence-corrected chi connectivity index (χ0v) is 11.6. The summed E-state index contributed by atoms with van der Waals surface area (Å²) in [6.07, 6.45) is 1.65. The molecule has 0 radical (unpaired) electrons. The molecule has 0 aromatic carbocycles. The average Bonchev–Trinajstić information content (AvgIpc) is 2.74. The number of carbonyl (C=O) groups is 1. The van der Waals surface area contributed by atoms with Gasteiger partial charge in [-0.1, -0.05) is 0 Å². The van der Waals surface area contributed by atoms with Crippen molar-refractivity contribution in [3.8, 4) is 0 Å². The van der Waals surface area contributed by atoms with Crippen LogP contribution in [0.4, 0.5) is 0 Å². The highest BCUT2D eigenvalue weighted by Crippen LogP contribution is 2.28. The highest BCUT2D eigenvalue weighted by atomic mass is 16.3. The van der Waals surface area contributed by atoms with Crippen molar-refractivity contribution in [2.24, 2.45) is 5.41 Å². The van der Waals surface area contributed by atoms with Crippen LogP contribution in [0.15, 0.2) is 22.8 Å². The SMILES string of the molecule is CC1(C)CNCC(C)(C)N(Cc2ccco2)C1=O. The quantitative estimate of drug-likeness (QED) is 0.873. The topological polar surface area (TPSA) is 45.5 Å². The van der Waals surface area contributed by atoms with E-state index < -0.39 is 0 Å². The lowest BCUT2D eigenvalue weighted by Crippen LogP contribution is -2.52. The molecule has 100 valence electrons. The monoisotopic (exact) mass is 250 g/mol. The van der Waals surface area contributed by atoms with E-state index in [1.165, 1.54) is 0 Å². The second-order valence-corrected chi connectivity index (χ2v) is 6.27. The van der Waals surface area contributed by atoms with Gasteiger partial charge in [-0.3, -0.25) is 4.79 Å². The van der Waals surface area contributed by atoms with Crippen molar-refractivity contribution in [1.82, 2.24) is 10.2 Å². The summed E-state index contributed by atoms with van der Waals surface area (Å²) in [7, 11) is 0. The van der Waals surface area contributed by atoms with E-state index >= 15 is 0 Å². The number of amides is 1. The van der Waals surface area contributed by atoms with Gasteiger partial charge in [0.15, 0.2) is 0 Å². The molecule has 4 heteroatoms. The second kappa shape index (κ2) is 4.43. The summed E-state index contributed by atoms with van der Waals surface area (Å²) < 4.78 is 5.37. The van der Waals surface area contributed by atoms with Gasteiger partial charge in [0, 0.05) is 13.1 Å². The minimum atomic E-state index is -0.375. The third-order valence-electron chi connectivity index (χ3n) is 3.57. The van der Waals surface area contributed by atoms with Gasteiger partial charge in [0.2, 0.25) is 5.91 Å². The molecule has 0 bridgehead atoms. The number of hydrogen-bond acceptors (Lipinski definition) is 3. The molecular formula is C14H22N2O2. The number of nitrogens with zero attached hydrogens (tertiary/aromatic N) is 1. The van der Waals surface area contributed by atoms with Crippen LogP contribution >= 0.6 is 0 Å². The first-order valence-corrected chi connectivity index (χ1v) is 6.38. The molecule has 4 nitrogen and oxygen atoms in total. The van der Waals surface area contributed by atoms with Crippen LogP contribution in [0.25, 0.3) is 0 Å². The minimum Gasteiger partial charge on any atom is -0.467 e. The Balaban J connectivity index is 2.28. The number of furan rings is 1. The molecule has 0 spiro atoms. The molecule has 1 saturated heterocycles. The molecule has 18 heavy (non-hydrogen) atoms. The Labute approximate surface area is 108 Å². The molecule has 0 saturated carbocycles. The Kier molecular flexibility index (Phi) is 3.23. The lowest BCUT2D eigenvalue weighted by Gasteiger charge is -2.38. The Hall–Kier alpha value is -1.29. The molecule has 0 unspecified atom stereocenters. The van der Waals surface area contributed by atoms with Crippen LogP contribution in [0.1, 0.15) is 33.5 Å². The normalized spacial score (nSPS) is 22.9. The summed E-state index contributed by atoms with van der Waals surface area (Å²) in [5.74, 6) is 1.00. The predicted octanol–water partition coefficient (Wildman–Crippen LogP) is 2.02. The van der Waals surface area contributed by atoms with Gasteiger partial charge >= 0.3 is 0 Å². The summed E-state index contributed by atoms with van der Waals surface area (Å²) >= 11 is 0. The maximum absolute atomic E-state index is 12.7. The van der Waals surface area contributed by atoms with Crippen molar-refractivity contribution in [2.45, 2.75) is 39.8 Å². The van der Waals surface area contributed by atoms with E-state index in [4.69, 9.17) is 4.42 Å². The first-order valence-electron chi connectivity index (χ1n) is 6.38. The second-order valence-electron chi connectivity index (χ2n) is 6.27. The molecule has 1 aromatic rings. The number of nitrogens with one attached hydrogen (secondary N) is 1. The molecule has 1 fully saturated rings. The van der Waals surface area contributed by atoms with Crippen LogP contribution in [-0.4, -0.2) is 29.4 Å². The zero-order chi connectivity index (χ0) is 13.4. The number of rotatable bonds is 2. The number of hydrogen-bond donors (Lipinski definition) is 1. The van der Waals surface area contributed by atoms with Gasteiger partial charge < -0.3 is 14.6 Å². The smallest absolute Gasteiger partial charge is 0.230 e. The highest BCUT2D eigenvalue weighted by molar-refractivity contribution is 5.83. The van der Waals surface area contributed by atoms with E-state index in [2.05, 4.69) is 19.2 Å². The van der Waals surface area contributed by atoms with Crippen molar-refractivity contribution < 1.29 is 9.21 Å². The largest absolute Gasteiger partial charge is 0.467 e. The lowest BCUT2D eigenvalue weighted by molar-refractivity contribution is -0.144. The average molecular weight is 250 g/mol. The van der Waals surface area contributed by atoms with Crippen LogP contribution in [0.2, 0.25) is 0 Å². The van der Waals surface area contributed by atoms with Crippen LogP contribution < -0.4 is 5.32 Å². The van der Waals surface area contributed by atoms with Crippen molar-refractivity contribution in [3.05, 3.63) is 24.2 Å². The van der Waals surface area contributed by atoms with Crippen LogP contribution in [0.5, 0.6) is 0 Å². The number of carbonyl (C=O) groups excluding carboxylic acids is 1. The molecule has 0 aliphatic carbocycles. The van der Waals surface area contributed by atoms with Gasteiger partial charge in [-0.25, -0.2) is 0 Å². The maximum Gasteiger partial charge on any atom is 0.230 e. The Morgan fingerprint density at radius 3 is 2.67 bits per heavy atom. The fourth-order valence-corrected chi connectivity index (χ4v) is 2.34. The highest BCUT2D eigenvalue weighted by Gasteiger charge is 2.42. The van der Waals surface area contributed by atoms with Gasteiger partial charge in [-0.15, -0.1) is 0 Å². The molecule has 0 atom stereocenters. The van der Waals surface area contributed by atoms with E-state index in [9.17, 15) is 4.79 Å². The van der Waals surface area contributed by atoms with Gasteiger partial charge in [-0.2, -0.15) is 0 Å². The first-order chi connectivity index (χ1) is 8.33.